The molecule has 0 saturated heterocycles. The predicted octanol–water partition coefficient (Wildman–Crippen LogP) is 1.00. The van der Waals surface area contributed by atoms with Crippen LogP contribution in [0.4, 0.5) is 5.69 Å². The normalized spacial score (nSPS) is 11.3. The van der Waals surface area contributed by atoms with Gasteiger partial charge in [-0.2, -0.15) is 0 Å². The molecule has 0 saturated carbocycles. The number of nitrogens with zero attached hydrogens (tertiary/aromatic N) is 1. The maximum Gasteiger partial charge on any atom is 0.336 e. The summed E-state index contributed by atoms with van der Waals surface area (Å²) in [6, 6.07) is 11.4. The number of hydrogen-bond acceptors (Lipinski definition) is 5. The molecule has 2 aromatic rings. The molecule has 0 radical (unpaired) electrons. The first-order chi connectivity index (χ1) is 13.8. The number of amides is 1. The number of nitrogens with two attached hydrogens (primary N) is 3. The fourth-order valence-corrected chi connectivity index (χ4v) is 2.74. The van der Waals surface area contributed by atoms with Crippen LogP contribution in [-0.4, -0.2) is 41.3 Å². The van der Waals surface area contributed by atoms with E-state index in [9.17, 15) is 19.5 Å². The van der Waals surface area contributed by atoms with Gasteiger partial charge < -0.3 is 27.6 Å². The lowest BCUT2D eigenvalue weighted by Gasteiger charge is -2.19. The number of carboxylic acids is 1. The number of anilines is 1. The van der Waals surface area contributed by atoms with E-state index in [1.165, 1.54) is 18.2 Å². The van der Waals surface area contributed by atoms with Crippen LogP contribution in [0.15, 0.2) is 53.5 Å². The number of guanidine groups is 1. The van der Waals surface area contributed by atoms with E-state index in [2.05, 4.69) is 10.3 Å². The predicted molar refractivity (Wildman–Crippen MR) is 110 cm³/mol. The molecule has 0 aliphatic heterocycles. The molecule has 2 aromatic carbocycles. The van der Waals surface area contributed by atoms with Gasteiger partial charge in [0.2, 0.25) is 0 Å². The quantitative estimate of drug-likeness (QED) is 0.138. The van der Waals surface area contributed by atoms with Crippen molar-refractivity contribution in [2.45, 2.75) is 18.9 Å². The molecular weight excluding hydrogens is 374 g/mol. The number of carbonyl (C=O) groups excluding carboxylic acids is 2. The Hall–Kier alpha value is -3.88. The van der Waals surface area contributed by atoms with Crippen molar-refractivity contribution in [2.75, 3.05) is 12.3 Å². The molecular formula is C20H23N5O4. The maximum atomic E-state index is 13.1. The number of carboxylic acid groups (broad SMARTS) is 1. The summed E-state index contributed by atoms with van der Waals surface area (Å²) in [6.07, 6.45) is 0.607. The summed E-state index contributed by atoms with van der Waals surface area (Å²) >= 11 is 0. The minimum absolute atomic E-state index is 0.0716. The highest BCUT2D eigenvalue weighted by Gasteiger charge is 2.26. The van der Waals surface area contributed by atoms with Crippen LogP contribution in [0.1, 0.15) is 43.9 Å². The third-order valence-corrected chi connectivity index (χ3v) is 4.14. The summed E-state index contributed by atoms with van der Waals surface area (Å²) in [5, 5.41) is 12.1. The molecule has 0 fully saturated rings. The Bertz CT molecular complexity index is 924. The van der Waals surface area contributed by atoms with Crippen molar-refractivity contribution in [2.24, 2.45) is 16.5 Å². The van der Waals surface area contributed by atoms with E-state index in [0.29, 0.717) is 12.0 Å². The highest BCUT2D eigenvalue weighted by Crippen LogP contribution is 2.18. The largest absolute Gasteiger partial charge is 0.478 e. The summed E-state index contributed by atoms with van der Waals surface area (Å²) < 4.78 is 0. The Kier molecular flexibility index (Phi) is 7.30. The van der Waals surface area contributed by atoms with Crippen molar-refractivity contribution >= 4 is 29.3 Å². The average molecular weight is 397 g/mol. The zero-order chi connectivity index (χ0) is 21.4. The number of rotatable bonds is 9. The first-order valence-corrected chi connectivity index (χ1v) is 8.88. The monoisotopic (exact) mass is 397 g/mol. The molecule has 8 N–H and O–H groups in total. The second-order valence-corrected chi connectivity index (χ2v) is 6.32. The summed E-state index contributed by atoms with van der Waals surface area (Å²) in [4.78, 5) is 41.0. The molecule has 0 unspecified atom stereocenters. The van der Waals surface area contributed by atoms with Crippen molar-refractivity contribution in [3.05, 3.63) is 65.2 Å². The molecule has 152 valence electrons. The minimum Gasteiger partial charge on any atom is -0.478 e. The van der Waals surface area contributed by atoms with Gasteiger partial charge in [-0.25, -0.2) is 4.79 Å². The number of hydrogen-bond donors (Lipinski definition) is 5. The van der Waals surface area contributed by atoms with Crippen molar-refractivity contribution in [3.63, 3.8) is 0 Å². The zero-order valence-electron chi connectivity index (χ0n) is 15.7. The Morgan fingerprint density at radius 3 is 2.34 bits per heavy atom. The minimum atomic E-state index is -1.26. The number of Topliss-reactive ketones (excluding diaryl/α,β-unsaturated/α-hetero) is 1. The molecule has 2 rings (SSSR count). The van der Waals surface area contributed by atoms with Crippen LogP contribution < -0.4 is 22.5 Å². The second kappa shape index (κ2) is 9.88. The third kappa shape index (κ3) is 6.06. The van der Waals surface area contributed by atoms with Gasteiger partial charge in [0.1, 0.15) is 0 Å². The van der Waals surface area contributed by atoms with Crippen LogP contribution in [0.25, 0.3) is 0 Å². The smallest absolute Gasteiger partial charge is 0.336 e. The highest BCUT2D eigenvalue weighted by atomic mass is 16.4. The van der Waals surface area contributed by atoms with Gasteiger partial charge >= 0.3 is 5.97 Å². The van der Waals surface area contributed by atoms with Crippen LogP contribution in [0.2, 0.25) is 0 Å². The lowest BCUT2D eigenvalue weighted by atomic mass is 9.95. The second-order valence-electron chi connectivity index (χ2n) is 6.32. The van der Waals surface area contributed by atoms with Crippen LogP contribution >= 0.6 is 0 Å². The SMILES string of the molecule is NC(N)=NCCC[C@H](NC(=O)c1ccccc1)C(=O)c1cc(N)ccc1C(=O)O. The van der Waals surface area contributed by atoms with Gasteiger partial charge in [0.05, 0.1) is 11.6 Å². The van der Waals surface area contributed by atoms with E-state index >= 15 is 0 Å². The fraction of sp³-hybridized carbons (Fsp3) is 0.200. The standard InChI is InChI=1S/C20H23N5O4/c21-13-8-9-14(19(28)29)15(11-13)17(26)16(7-4-10-24-20(22)23)25-18(27)12-5-2-1-3-6-12/h1-3,5-6,8-9,11,16H,4,7,10,21H2,(H,25,27)(H,28,29)(H4,22,23,24)/t16-/m0/s1. The molecule has 0 aromatic heterocycles. The first kappa shape index (κ1) is 21.4. The fourth-order valence-electron chi connectivity index (χ4n) is 2.74. The van der Waals surface area contributed by atoms with Crippen molar-refractivity contribution < 1.29 is 19.5 Å². The molecule has 1 atom stereocenters. The Morgan fingerprint density at radius 1 is 1.03 bits per heavy atom. The highest BCUT2D eigenvalue weighted by molar-refractivity contribution is 6.10. The van der Waals surface area contributed by atoms with Gasteiger partial charge in [-0.05, 0) is 43.2 Å². The van der Waals surface area contributed by atoms with Crippen molar-refractivity contribution in [1.29, 1.82) is 0 Å². The number of nitrogens with one attached hydrogen (secondary N) is 1. The Labute approximate surface area is 167 Å². The van der Waals surface area contributed by atoms with E-state index in [1.807, 2.05) is 0 Å². The molecule has 9 nitrogen and oxygen atoms in total. The van der Waals surface area contributed by atoms with Crippen LogP contribution in [0.3, 0.4) is 0 Å². The summed E-state index contributed by atoms with van der Waals surface area (Å²) in [5.41, 5.74) is 16.7. The first-order valence-electron chi connectivity index (χ1n) is 8.88. The van der Waals surface area contributed by atoms with Crippen LogP contribution in [0, 0.1) is 0 Å². The van der Waals surface area contributed by atoms with Crippen LogP contribution in [-0.2, 0) is 0 Å². The van der Waals surface area contributed by atoms with Gasteiger partial charge in [-0.1, -0.05) is 18.2 Å². The number of nitrogen functional groups attached to an aromatic ring is 1. The molecule has 0 aliphatic carbocycles. The maximum absolute atomic E-state index is 13.1. The van der Waals surface area contributed by atoms with E-state index in [1.54, 1.807) is 30.3 Å². The summed E-state index contributed by atoms with van der Waals surface area (Å²) in [6.45, 7) is 0.260. The molecule has 9 heteroatoms. The lowest BCUT2D eigenvalue weighted by Crippen LogP contribution is -2.41. The van der Waals surface area contributed by atoms with E-state index in [4.69, 9.17) is 17.2 Å². The number of aromatic carboxylic acids is 1. The number of carbonyl (C=O) groups is 3. The van der Waals surface area contributed by atoms with Gasteiger partial charge in [-0.15, -0.1) is 0 Å². The topological polar surface area (TPSA) is 174 Å². The van der Waals surface area contributed by atoms with E-state index < -0.39 is 23.7 Å². The van der Waals surface area contributed by atoms with Gasteiger partial charge in [-0.3, -0.25) is 14.6 Å². The molecule has 0 spiro atoms. The summed E-state index contributed by atoms with van der Waals surface area (Å²) in [5.74, 6) is -2.34. The lowest BCUT2D eigenvalue weighted by molar-refractivity contribution is 0.0691. The van der Waals surface area contributed by atoms with E-state index in [-0.39, 0.29) is 35.7 Å². The van der Waals surface area contributed by atoms with Gasteiger partial charge in [0, 0.05) is 23.4 Å². The molecule has 1 amide bonds. The van der Waals surface area contributed by atoms with Crippen LogP contribution in [0.5, 0.6) is 0 Å². The number of ketones is 1. The third-order valence-electron chi connectivity index (χ3n) is 4.14. The Balaban J connectivity index is 2.29. The van der Waals surface area contributed by atoms with Gasteiger partial charge in [0.15, 0.2) is 11.7 Å². The molecule has 29 heavy (non-hydrogen) atoms. The molecule has 0 aliphatic rings. The molecule has 0 heterocycles. The average Bonchev–Trinajstić information content (AvgIpc) is 2.69. The molecule has 0 bridgehead atoms. The summed E-state index contributed by atoms with van der Waals surface area (Å²) in [7, 11) is 0. The van der Waals surface area contributed by atoms with Crippen molar-refractivity contribution in [1.82, 2.24) is 5.32 Å². The zero-order valence-corrected chi connectivity index (χ0v) is 15.7. The number of aliphatic imine (C=N–C) groups is 1. The van der Waals surface area contributed by atoms with Crippen molar-refractivity contribution in [3.8, 4) is 0 Å². The Morgan fingerprint density at radius 2 is 1.72 bits per heavy atom. The number of benzene rings is 2. The van der Waals surface area contributed by atoms with E-state index in [0.717, 1.165) is 0 Å². The van der Waals surface area contributed by atoms with Gasteiger partial charge in [0.25, 0.3) is 5.91 Å².